The van der Waals surface area contributed by atoms with Crippen LogP contribution in [0.2, 0.25) is 0 Å². The average molecular weight is 193 g/mol. The molecule has 1 saturated heterocycles. The predicted octanol–water partition coefficient (Wildman–Crippen LogP) is 1.11. The summed E-state index contributed by atoms with van der Waals surface area (Å²) >= 11 is 0. The topological polar surface area (TPSA) is 51.7 Å². The highest BCUT2D eigenvalue weighted by atomic mass is 16.6. The number of carbonyl (C=O) groups is 1. The van der Waals surface area contributed by atoms with Crippen molar-refractivity contribution in [3.8, 4) is 0 Å². The number of hydrogen-bond donors (Lipinski definition) is 0. The highest BCUT2D eigenvalue weighted by Crippen LogP contribution is 2.36. The van der Waals surface area contributed by atoms with E-state index in [-0.39, 0.29) is 11.6 Å². The molecule has 1 aliphatic rings. The number of carbonyl (C=O) groups excluding carboxylic acids is 1. The van der Waals surface area contributed by atoms with Gasteiger partial charge in [-0.1, -0.05) is 0 Å². The van der Waals surface area contributed by atoms with Gasteiger partial charge in [0.15, 0.2) is 0 Å². The molecule has 0 aromatic carbocycles. The third-order valence-corrected chi connectivity index (χ3v) is 2.30. The maximum atomic E-state index is 11.1. The van der Waals surface area contributed by atoms with E-state index in [1.54, 1.807) is 12.1 Å². The normalized spacial score (nSPS) is 24.4. The molecule has 1 unspecified atom stereocenters. The molecular weight excluding hydrogens is 182 g/mol. The minimum absolute atomic E-state index is 0.241. The lowest BCUT2D eigenvalue weighted by Crippen LogP contribution is -2.07. The van der Waals surface area contributed by atoms with Crippen molar-refractivity contribution in [2.45, 2.75) is 12.5 Å². The van der Waals surface area contributed by atoms with E-state index >= 15 is 0 Å². The van der Waals surface area contributed by atoms with Gasteiger partial charge in [0.1, 0.15) is 5.60 Å². The van der Waals surface area contributed by atoms with Crippen molar-refractivity contribution >= 4 is 5.97 Å². The molecule has 0 aliphatic carbocycles. The van der Waals surface area contributed by atoms with Crippen molar-refractivity contribution in [3.05, 3.63) is 29.6 Å². The Balaban J connectivity index is 2.22. The minimum Gasteiger partial charge on any atom is -0.465 e. The average Bonchev–Trinajstić information content (AvgIpc) is 2.97. The molecule has 0 radical (unpaired) electrons. The van der Waals surface area contributed by atoms with Crippen LogP contribution in [-0.4, -0.2) is 24.7 Å². The van der Waals surface area contributed by atoms with Gasteiger partial charge in [-0.2, -0.15) is 0 Å². The van der Waals surface area contributed by atoms with E-state index in [1.165, 1.54) is 13.3 Å². The fourth-order valence-electron chi connectivity index (χ4n) is 1.20. The second-order valence-corrected chi connectivity index (χ2v) is 3.44. The molecule has 1 atom stereocenters. The Hall–Kier alpha value is -1.42. The standard InChI is InChI=1S/C10H11NO3/c1-10(6-14-10)8-4-3-7(5-11-8)9(12)13-2/h3-5H,6H2,1-2H3. The first-order valence-corrected chi connectivity index (χ1v) is 4.34. The van der Waals surface area contributed by atoms with Crippen LogP contribution in [0.5, 0.6) is 0 Å². The molecule has 2 heterocycles. The third kappa shape index (κ3) is 1.48. The van der Waals surface area contributed by atoms with E-state index in [4.69, 9.17) is 4.74 Å². The van der Waals surface area contributed by atoms with Gasteiger partial charge in [-0.25, -0.2) is 4.79 Å². The molecule has 4 heteroatoms. The first kappa shape index (κ1) is 9.15. The molecule has 2 rings (SSSR count). The molecule has 4 nitrogen and oxygen atoms in total. The van der Waals surface area contributed by atoms with Crippen LogP contribution in [0.1, 0.15) is 23.0 Å². The number of ether oxygens (including phenoxy) is 2. The first-order valence-electron chi connectivity index (χ1n) is 4.34. The van der Waals surface area contributed by atoms with Gasteiger partial charge >= 0.3 is 5.97 Å². The van der Waals surface area contributed by atoms with Gasteiger partial charge in [-0.3, -0.25) is 4.98 Å². The second kappa shape index (κ2) is 3.06. The lowest BCUT2D eigenvalue weighted by molar-refractivity contribution is 0.0600. The smallest absolute Gasteiger partial charge is 0.339 e. The molecule has 0 bridgehead atoms. The summed E-state index contributed by atoms with van der Waals surface area (Å²) in [5.41, 5.74) is 1.07. The number of nitrogens with zero attached hydrogens (tertiary/aromatic N) is 1. The summed E-state index contributed by atoms with van der Waals surface area (Å²) in [6.45, 7) is 2.66. The van der Waals surface area contributed by atoms with Crippen molar-refractivity contribution in [2.75, 3.05) is 13.7 Å². The Labute approximate surface area is 81.9 Å². The highest BCUT2D eigenvalue weighted by molar-refractivity contribution is 5.88. The molecule has 0 spiro atoms. The monoisotopic (exact) mass is 193 g/mol. The lowest BCUT2D eigenvalue weighted by atomic mass is 10.1. The van der Waals surface area contributed by atoms with Crippen molar-refractivity contribution in [3.63, 3.8) is 0 Å². The second-order valence-electron chi connectivity index (χ2n) is 3.44. The molecule has 0 amide bonds. The van der Waals surface area contributed by atoms with Crippen LogP contribution in [-0.2, 0) is 15.1 Å². The van der Waals surface area contributed by atoms with E-state index in [1.807, 2.05) is 6.92 Å². The Morgan fingerprint density at radius 2 is 2.36 bits per heavy atom. The molecular formula is C10H11NO3. The number of hydrogen-bond acceptors (Lipinski definition) is 4. The summed E-state index contributed by atoms with van der Waals surface area (Å²) in [5.74, 6) is -0.370. The largest absolute Gasteiger partial charge is 0.465 e. The maximum Gasteiger partial charge on any atom is 0.339 e. The number of esters is 1. The summed E-state index contributed by atoms with van der Waals surface area (Å²) in [5, 5.41) is 0. The van der Waals surface area contributed by atoms with E-state index in [9.17, 15) is 4.79 Å². The molecule has 74 valence electrons. The van der Waals surface area contributed by atoms with Gasteiger partial charge in [-0.15, -0.1) is 0 Å². The predicted molar refractivity (Wildman–Crippen MR) is 48.9 cm³/mol. The van der Waals surface area contributed by atoms with Gasteiger partial charge in [0, 0.05) is 6.20 Å². The SMILES string of the molecule is COC(=O)c1ccc(C2(C)CO2)nc1. The molecule has 1 aliphatic heterocycles. The Morgan fingerprint density at radius 1 is 1.64 bits per heavy atom. The van der Waals surface area contributed by atoms with Gasteiger partial charge in [0.05, 0.1) is 25.0 Å². The molecule has 0 N–H and O–H groups in total. The van der Waals surface area contributed by atoms with Crippen molar-refractivity contribution in [1.29, 1.82) is 0 Å². The van der Waals surface area contributed by atoms with Gasteiger partial charge in [0.2, 0.25) is 0 Å². The number of methoxy groups -OCH3 is 1. The van der Waals surface area contributed by atoms with Crippen LogP contribution in [0, 0.1) is 0 Å². The van der Waals surface area contributed by atoms with Crippen LogP contribution >= 0.6 is 0 Å². The molecule has 1 fully saturated rings. The molecule has 1 aromatic heterocycles. The fourth-order valence-corrected chi connectivity index (χ4v) is 1.20. The Morgan fingerprint density at radius 3 is 2.79 bits per heavy atom. The number of pyridine rings is 1. The third-order valence-electron chi connectivity index (χ3n) is 2.30. The zero-order valence-electron chi connectivity index (χ0n) is 8.11. The van der Waals surface area contributed by atoms with E-state index in [2.05, 4.69) is 9.72 Å². The van der Waals surface area contributed by atoms with Crippen molar-refractivity contribution < 1.29 is 14.3 Å². The zero-order chi connectivity index (χ0) is 10.2. The van der Waals surface area contributed by atoms with E-state index < -0.39 is 0 Å². The Bertz CT molecular complexity index is 354. The van der Waals surface area contributed by atoms with Gasteiger partial charge in [-0.05, 0) is 19.1 Å². The summed E-state index contributed by atoms with van der Waals surface area (Å²) in [7, 11) is 1.35. The lowest BCUT2D eigenvalue weighted by Gasteiger charge is -2.04. The van der Waals surface area contributed by atoms with Crippen molar-refractivity contribution in [2.24, 2.45) is 0 Å². The minimum atomic E-state index is -0.370. The summed E-state index contributed by atoms with van der Waals surface area (Å²) in [4.78, 5) is 15.3. The van der Waals surface area contributed by atoms with Crippen LogP contribution < -0.4 is 0 Å². The van der Waals surface area contributed by atoms with Crippen LogP contribution in [0.25, 0.3) is 0 Å². The van der Waals surface area contributed by atoms with Gasteiger partial charge < -0.3 is 9.47 Å². The zero-order valence-corrected chi connectivity index (χ0v) is 8.11. The highest BCUT2D eigenvalue weighted by Gasteiger charge is 2.42. The summed E-state index contributed by atoms with van der Waals surface area (Å²) in [6.07, 6.45) is 1.51. The summed E-state index contributed by atoms with van der Waals surface area (Å²) in [6, 6.07) is 3.49. The molecule has 1 aromatic rings. The summed E-state index contributed by atoms with van der Waals surface area (Å²) < 4.78 is 9.80. The maximum absolute atomic E-state index is 11.1. The van der Waals surface area contributed by atoms with Crippen LogP contribution in [0.3, 0.4) is 0 Å². The molecule has 14 heavy (non-hydrogen) atoms. The van der Waals surface area contributed by atoms with Crippen LogP contribution in [0.4, 0.5) is 0 Å². The van der Waals surface area contributed by atoms with Crippen molar-refractivity contribution in [1.82, 2.24) is 4.98 Å². The quantitative estimate of drug-likeness (QED) is 0.521. The number of aromatic nitrogens is 1. The number of rotatable bonds is 2. The first-order chi connectivity index (χ1) is 6.65. The van der Waals surface area contributed by atoms with Crippen LogP contribution in [0.15, 0.2) is 18.3 Å². The van der Waals surface area contributed by atoms with E-state index in [0.717, 1.165) is 5.69 Å². The van der Waals surface area contributed by atoms with Gasteiger partial charge in [0.25, 0.3) is 0 Å². The molecule has 0 saturated carbocycles. The van der Waals surface area contributed by atoms with E-state index in [0.29, 0.717) is 12.2 Å². The Kier molecular flexibility index (Phi) is 2.00. The number of epoxide rings is 1. The fraction of sp³-hybridized carbons (Fsp3) is 0.400.